The van der Waals surface area contributed by atoms with E-state index >= 15 is 0 Å². The van der Waals surface area contributed by atoms with Crippen LogP contribution in [0.25, 0.3) is 10.9 Å². The molecule has 1 fully saturated rings. The molecule has 124 valence electrons. The van der Waals surface area contributed by atoms with Crippen molar-refractivity contribution in [1.29, 1.82) is 0 Å². The number of pyridine rings is 1. The second-order valence-corrected chi connectivity index (χ2v) is 5.59. The SMILES string of the molecule is FC1(F)CNCC(Nc2ccc(C(F)(F)F)c3ncccc23)C1. The fraction of sp³-hybridized carbons (Fsp3) is 0.400. The maximum absolute atomic E-state index is 13.4. The average Bonchev–Trinajstić information content (AvgIpc) is 2.45. The number of halogens is 5. The summed E-state index contributed by atoms with van der Waals surface area (Å²) in [5.41, 5.74) is -0.670. The molecule has 1 saturated heterocycles. The molecule has 2 heterocycles. The quantitative estimate of drug-likeness (QED) is 0.825. The first kappa shape index (κ1) is 15.9. The summed E-state index contributed by atoms with van der Waals surface area (Å²) < 4.78 is 66.0. The molecule has 8 heteroatoms. The molecule has 0 bridgehead atoms. The largest absolute Gasteiger partial charge is 0.418 e. The summed E-state index contributed by atoms with van der Waals surface area (Å²) in [6.45, 7) is -0.0706. The first-order valence-corrected chi connectivity index (χ1v) is 7.06. The number of alkyl halides is 5. The van der Waals surface area contributed by atoms with Crippen LogP contribution in [0.4, 0.5) is 27.6 Å². The third-order valence-electron chi connectivity index (χ3n) is 3.75. The van der Waals surface area contributed by atoms with Gasteiger partial charge in [0.05, 0.1) is 17.6 Å². The van der Waals surface area contributed by atoms with E-state index in [1.54, 1.807) is 0 Å². The van der Waals surface area contributed by atoms with Crippen LogP contribution in [-0.2, 0) is 6.18 Å². The van der Waals surface area contributed by atoms with Gasteiger partial charge in [-0.3, -0.25) is 4.98 Å². The van der Waals surface area contributed by atoms with Crippen LogP contribution in [0, 0.1) is 0 Å². The number of anilines is 1. The number of nitrogens with one attached hydrogen (secondary N) is 2. The van der Waals surface area contributed by atoms with Crippen molar-refractivity contribution in [3.8, 4) is 0 Å². The lowest BCUT2D eigenvalue weighted by Gasteiger charge is -2.31. The Balaban J connectivity index is 1.96. The minimum atomic E-state index is -4.52. The Morgan fingerprint density at radius 3 is 2.70 bits per heavy atom. The molecule has 0 radical (unpaired) electrons. The lowest BCUT2D eigenvalue weighted by atomic mass is 10.0. The van der Waals surface area contributed by atoms with Crippen LogP contribution in [0.1, 0.15) is 12.0 Å². The normalized spacial score (nSPS) is 21.3. The molecule has 3 rings (SSSR count). The smallest absolute Gasteiger partial charge is 0.380 e. The molecule has 1 aromatic heterocycles. The van der Waals surface area contributed by atoms with Crippen LogP contribution in [-0.4, -0.2) is 30.0 Å². The van der Waals surface area contributed by atoms with E-state index in [2.05, 4.69) is 15.6 Å². The van der Waals surface area contributed by atoms with Crippen LogP contribution in [0.3, 0.4) is 0 Å². The van der Waals surface area contributed by atoms with E-state index in [-0.39, 0.29) is 23.9 Å². The molecule has 1 aromatic carbocycles. The number of aromatic nitrogens is 1. The number of piperidine rings is 1. The van der Waals surface area contributed by atoms with Gasteiger partial charge in [-0.15, -0.1) is 0 Å². The maximum atomic E-state index is 13.4. The maximum Gasteiger partial charge on any atom is 0.418 e. The summed E-state index contributed by atoms with van der Waals surface area (Å²) in [5, 5.41) is 5.79. The van der Waals surface area contributed by atoms with E-state index < -0.39 is 23.7 Å². The predicted octanol–water partition coefficient (Wildman–Crippen LogP) is 3.66. The Morgan fingerprint density at radius 1 is 1.22 bits per heavy atom. The van der Waals surface area contributed by atoms with E-state index in [4.69, 9.17) is 0 Å². The molecule has 23 heavy (non-hydrogen) atoms. The lowest BCUT2D eigenvalue weighted by molar-refractivity contribution is -0.136. The minimum Gasteiger partial charge on any atom is -0.380 e. The van der Waals surface area contributed by atoms with Crippen LogP contribution in [0.2, 0.25) is 0 Å². The highest BCUT2D eigenvalue weighted by Crippen LogP contribution is 2.37. The van der Waals surface area contributed by atoms with Crippen molar-refractivity contribution in [2.24, 2.45) is 0 Å². The van der Waals surface area contributed by atoms with E-state index in [9.17, 15) is 22.0 Å². The molecule has 1 aliphatic rings. The standard InChI is InChI=1S/C15H14F5N3/c16-14(17)6-9(7-21-8-14)23-12-4-3-11(15(18,19)20)13-10(12)2-1-5-22-13/h1-5,9,21,23H,6-8H2. The number of fused-ring (bicyclic) bond motifs is 1. The van der Waals surface area contributed by atoms with Gasteiger partial charge in [0.1, 0.15) is 0 Å². The highest BCUT2D eigenvalue weighted by molar-refractivity contribution is 5.93. The van der Waals surface area contributed by atoms with E-state index in [0.717, 1.165) is 6.07 Å². The van der Waals surface area contributed by atoms with Crippen molar-refractivity contribution in [3.63, 3.8) is 0 Å². The molecule has 2 aromatic rings. The average molecular weight is 331 g/mol. The molecule has 1 atom stereocenters. The second-order valence-electron chi connectivity index (χ2n) is 5.59. The monoisotopic (exact) mass is 331 g/mol. The first-order valence-electron chi connectivity index (χ1n) is 7.06. The molecular weight excluding hydrogens is 317 g/mol. The summed E-state index contributed by atoms with van der Waals surface area (Å²) >= 11 is 0. The Morgan fingerprint density at radius 2 is 2.00 bits per heavy atom. The fourth-order valence-electron chi connectivity index (χ4n) is 2.78. The molecule has 0 spiro atoms. The molecule has 1 unspecified atom stereocenters. The van der Waals surface area contributed by atoms with Crippen molar-refractivity contribution in [3.05, 3.63) is 36.0 Å². The zero-order valence-electron chi connectivity index (χ0n) is 11.9. The molecule has 2 N–H and O–H groups in total. The van der Waals surface area contributed by atoms with Gasteiger partial charge in [0.15, 0.2) is 0 Å². The van der Waals surface area contributed by atoms with Crippen LogP contribution in [0.15, 0.2) is 30.5 Å². The Hall–Kier alpha value is -1.96. The zero-order chi connectivity index (χ0) is 16.7. The number of nitrogens with zero attached hydrogens (tertiary/aromatic N) is 1. The second kappa shape index (κ2) is 5.59. The molecule has 0 saturated carbocycles. The molecule has 1 aliphatic heterocycles. The summed E-state index contributed by atoms with van der Waals surface area (Å²) in [6, 6.07) is 4.63. The van der Waals surface area contributed by atoms with Gasteiger partial charge < -0.3 is 10.6 Å². The van der Waals surface area contributed by atoms with Crippen molar-refractivity contribution >= 4 is 16.6 Å². The Kier molecular flexibility index (Phi) is 3.87. The Bertz CT molecular complexity index is 714. The minimum absolute atomic E-state index is 0.194. The van der Waals surface area contributed by atoms with Gasteiger partial charge in [-0.25, -0.2) is 8.78 Å². The summed E-state index contributed by atoms with van der Waals surface area (Å²) in [7, 11) is 0. The van der Waals surface area contributed by atoms with E-state index in [1.807, 2.05) is 0 Å². The van der Waals surface area contributed by atoms with Crippen molar-refractivity contribution in [1.82, 2.24) is 10.3 Å². The topological polar surface area (TPSA) is 37.0 Å². The van der Waals surface area contributed by atoms with Gasteiger partial charge in [-0.1, -0.05) is 0 Å². The van der Waals surface area contributed by atoms with Crippen molar-refractivity contribution in [2.75, 3.05) is 18.4 Å². The van der Waals surface area contributed by atoms with Gasteiger partial charge in [0, 0.05) is 36.3 Å². The fourth-order valence-corrected chi connectivity index (χ4v) is 2.78. The summed E-state index contributed by atoms with van der Waals surface area (Å²) in [6.07, 6.45) is -3.62. The number of hydrogen-bond acceptors (Lipinski definition) is 3. The number of hydrogen-bond donors (Lipinski definition) is 2. The predicted molar refractivity (Wildman–Crippen MR) is 76.6 cm³/mol. The third kappa shape index (κ3) is 3.36. The summed E-state index contributed by atoms with van der Waals surface area (Å²) in [4.78, 5) is 3.81. The molecule has 3 nitrogen and oxygen atoms in total. The Labute approximate surface area is 128 Å². The van der Waals surface area contributed by atoms with Gasteiger partial charge in [-0.05, 0) is 24.3 Å². The highest BCUT2D eigenvalue weighted by Gasteiger charge is 2.37. The lowest BCUT2D eigenvalue weighted by Crippen LogP contribution is -2.49. The van der Waals surface area contributed by atoms with Gasteiger partial charge in [-0.2, -0.15) is 13.2 Å². The highest BCUT2D eigenvalue weighted by atomic mass is 19.4. The van der Waals surface area contributed by atoms with E-state index in [1.165, 1.54) is 24.4 Å². The van der Waals surface area contributed by atoms with Crippen molar-refractivity contribution < 1.29 is 22.0 Å². The zero-order valence-corrected chi connectivity index (χ0v) is 11.9. The molecule has 0 aliphatic carbocycles. The molecular formula is C15H14F5N3. The summed E-state index contributed by atoms with van der Waals surface area (Å²) in [5.74, 6) is -2.84. The van der Waals surface area contributed by atoms with Crippen molar-refractivity contribution in [2.45, 2.75) is 24.6 Å². The number of rotatable bonds is 2. The first-order chi connectivity index (χ1) is 10.8. The van der Waals surface area contributed by atoms with Gasteiger partial charge >= 0.3 is 6.18 Å². The molecule has 0 amide bonds. The van der Waals surface area contributed by atoms with Crippen LogP contribution in [0.5, 0.6) is 0 Å². The third-order valence-corrected chi connectivity index (χ3v) is 3.75. The van der Waals surface area contributed by atoms with Gasteiger partial charge in [0.2, 0.25) is 0 Å². The number of benzene rings is 1. The van der Waals surface area contributed by atoms with Crippen LogP contribution >= 0.6 is 0 Å². The van der Waals surface area contributed by atoms with Gasteiger partial charge in [0.25, 0.3) is 5.92 Å². The van der Waals surface area contributed by atoms with E-state index in [0.29, 0.717) is 12.2 Å². The van der Waals surface area contributed by atoms with Crippen LogP contribution < -0.4 is 10.6 Å².